The second-order valence-electron chi connectivity index (χ2n) is 23.4. The summed E-state index contributed by atoms with van der Waals surface area (Å²) in [5.74, 6) is -5.62. The summed E-state index contributed by atoms with van der Waals surface area (Å²) in [6.45, 7) is 1.04. The molecule has 10 atom stereocenters. The van der Waals surface area contributed by atoms with E-state index in [1.807, 2.05) is 54.6 Å². The molecule has 434 valence electrons. The lowest BCUT2D eigenvalue weighted by atomic mass is 9.94. The maximum atomic E-state index is 14.3. The van der Waals surface area contributed by atoms with E-state index in [-0.39, 0.29) is 103 Å². The van der Waals surface area contributed by atoms with Crippen LogP contribution in [0.5, 0.6) is 0 Å². The van der Waals surface area contributed by atoms with Crippen molar-refractivity contribution in [3.8, 4) is 0 Å². The van der Waals surface area contributed by atoms with Crippen LogP contribution in [-0.2, 0) is 23.9 Å². The Labute approximate surface area is 485 Å². The number of carbonyl (C=O) groups excluding carboxylic acids is 7. The van der Waals surface area contributed by atoms with Gasteiger partial charge in [-0.1, -0.05) is 142 Å². The van der Waals surface area contributed by atoms with Crippen molar-refractivity contribution in [2.75, 3.05) is 39.3 Å². The molecule has 5 aromatic carbocycles. The predicted octanol–water partition coefficient (Wildman–Crippen LogP) is 8.65. The van der Waals surface area contributed by atoms with Gasteiger partial charge >= 0.3 is 11.9 Å². The Morgan fingerprint density at radius 3 is 1.10 bits per heavy atom. The standard InChI is InChI=1S/C67H76N6O10/c74-60(68-34-18-7-5-3-1-2-4-6-8-19-35-83-67(82)49-32-30-48(31-33-49)66(80)81)53-39-72(40-54(53)61(75)69-57-36-50(57)43-20-12-9-13-21-43)64(78)46-26-28-47(29-27-46)65(79)73-41-55(62(76)70-58-37-51(58)44-22-14-10-15-23-44)56(42-73)63(77)71-59-38-52(59)45-24-16-11-17-25-45/h9-17,20-33,50-59H,1-8,18-19,34-42H2,(H,68,74)(H,69,75)(H,70,76)(H,71,77)(H,80,81)/t50-,51-,52-,53-,54-,55-,56-,57+,58+,59+/m1/s1. The van der Waals surface area contributed by atoms with Gasteiger partial charge in [0.1, 0.15) is 0 Å². The molecule has 2 saturated heterocycles. The average Bonchev–Trinajstić information content (AvgIpc) is 4.44. The van der Waals surface area contributed by atoms with Crippen molar-refractivity contribution in [2.45, 2.75) is 119 Å². The molecule has 0 bridgehead atoms. The summed E-state index contributed by atoms with van der Waals surface area (Å²) in [5, 5.41) is 21.7. The van der Waals surface area contributed by atoms with Gasteiger partial charge in [-0.2, -0.15) is 0 Å². The number of nitrogens with zero attached hydrogens (tertiary/aromatic N) is 2. The van der Waals surface area contributed by atoms with E-state index < -0.39 is 35.6 Å². The van der Waals surface area contributed by atoms with Crippen LogP contribution in [0.4, 0.5) is 0 Å². The van der Waals surface area contributed by atoms with Crippen molar-refractivity contribution in [2.24, 2.45) is 23.7 Å². The van der Waals surface area contributed by atoms with Crippen molar-refractivity contribution in [3.05, 3.63) is 178 Å². The number of rotatable bonds is 27. The minimum Gasteiger partial charge on any atom is -0.478 e. The van der Waals surface area contributed by atoms with Crippen molar-refractivity contribution in [1.29, 1.82) is 0 Å². The monoisotopic (exact) mass is 1120 g/mol. The van der Waals surface area contributed by atoms with Gasteiger partial charge < -0.3 is 40.9 Å². The molecule has 0 spiro atoms. The summed E-state index contributed by atoms with van der Waals surface area (Å²) in [5.41, 5.74) is 4.52. The van der Waals surface area contributed by atoms with Crippen LogP contribution in [0, 0.1) is 23.7 Å². The second-order valence-corrected chi connectivity index (χ2v) is 23.4. The molecule has 5 aliphatic rings. The molecule has 0 unspecified atom stereocenters. The number of carboxylic acid groups (broad SMARTS) is 1. The molecule has 0 aromatic heterocycles. The van der Waals surface area contributed by atoms with E-state index in [2.05, 4.69) is 57.7 Å². The Morgan fingerprint density at radius 2 is 0.723 bits per heavy atom. The van der Waals surface area contributed by atoms with Crippen LogP contribution in [0.25, 0.3) is 0 Å². The Hall–Kier alpha value is -8.14. The second kappa shape index (κ2) is 27.3. The fraction of sp³-hybridized carbons (Fsp3) is 0.433. The number of carboxylic acids is 1. The maximum Gasteiger partial charge on any atom is 0.338 e. The van der Waals surface area contributed by atoms with Gasteiger partial charge in [0.2, 0.25) is 23.6 Å². The number of esters is 1. The van der Waals surface area contributed by atoms with Gasteiger partial charge in [0, 0.05) is 79.7 Å². The number of hydrogen-bond donors (Lipinski definition) is 5. The Morgan fingerprint density at radius 1 is 0.398 bits per heavy atom. The third kappa shape index (κ3) is 15.1. The first-order valence-electron chi connectivity index (χ1n) is 29.9. The highest BCUT2D eigenvalue weighted by Crippen LogP contribution is 2.44. The minimum atomic E-state index is -1.05. The number of carbonyl (C=O) groups is 8. The molecule has 3 saturated carbocycles. The van der Waals surface area contributed by atoms with Crippen molar-refractivity contribution in [1.82, 2.24) is 31.1 Å². The highest BCUT2D eigenvalue weighted by molar-refractivity contribution is 6.00. The van der Waals surface area contributed by atoms with E-state index in [0.29, 0.717) is 29.8 Å². The van der Waals surface area contributed by atoms with Crippen molar-refractivity contribution >= 4 is 47.4 Å². The number of unbranched alkanes of at least 4 members (excludes halogenated alkanes) is 9. The largest absolute Gasteiger partial charge is 0.478 e. The molecule has 2 heterocycles. The summed E-state index contributed by atoms with van der Waals surface area (Å²) in [7, 11) is 0. The Bertz CT molecular complexity index is 3010. The van der Waals surface area contributed by atoms with Crippen LogP contribution in [0.2, 0.25) is 0 Å². The molecule has 5 fully saturated rings. The number of aromatic carboxylic acids is 1. The van der Waals surface area contributed by atoms with Gasteiger partial charge in [-0.3, -0.25) is 28.8 Å². The molecule has 0 radical (unpaired) electrons. The molecule has 5 aromatic rings. The molecule has 16 nitrogen and oxygen atoms in total. The van der Waals surface area contributed by atoms with E-state index in [1.54, 1.807) is 34.1 Å². The first-order valence-corrected chi connectivity index (χ1v) is 29.9. The zero-order chi connectivity index (χ0) is 57.8. The van der Waals surface area contributed by atoms with Gasteiger partial charge in [0.05, 0.1) is 41.4 Å². The number of ether oxygens (including phenoxy) is 1. The SMILES string of the molecule is O=C(O)c1ccc(C(=O)OCCCCCCCCCCCCNC(=O)[C@@H]2CN(C(=O)c3ccc(C(=O)N4C[C@@H](C(=O)N[C@H]5C[C@@H]5c5ccccc5)[C@H](C(=O)N[C@H]5C[C@@H]5c5ccccc5)C4)cc3)C[C@H]2C(=O)N[C@H]2C[C@@H]2c2ccccc2)cc1. The van der Waals surface area contributed by atoms with Crippen molar-refractivity contribution in [3.63, 3.8) is 0 Å². The fourth-order valence-corrected chi connectivity index (χ4v) is 12.2. The number of amides is 6. The van der Waals surface area contributed by atoms with Crippen LogP contribution in [0.3, 0.4) is 0 Å². The molecule has 3 aliphatic carbocycles. The van der Waals surface area contributed by atoms with Crippen LogP contribution in [0.15, 0.2) is 140 Å². The van der Waals surface area contributed by atoms with Crippen LogP contribution < -0.4 is 21.3 Å². The van der Waals surface area contributed by atoms with Gasteiger partial charge in [0.15, 0.2) is 0 Å². The van der Waals surface area contributed by atoms with Crippen LogP contribution in [0.1, 0.15) is 159 Å². The summed E-state index contributed by atoms with van der Waals surface area (Å²) in [6.07, 6.45) is 12.3. The Kier molecular flexibility index (Phi) is 19.1. The highest BCUT2D eigenvalue weighted by Gasteiger charge is 2.50. The van der Waals surface area contributed by atoms with E-state index in [9.17, 15) is 38.4 Å². The molecule has 16 heteroatoms. The smallest absolute Gasteiger partial charge is 0.338 e. The lowest BCUT2D eigenvalue weighted by Gasteiger charge is -2.18. The number of hydrogen-bond acceptors (Lipinski definition) is 9. The number of benzene rings is 5. The van der Waals surface area contributed by atoms with Crippen LogP contribution >= 0.6 is 0 Å². The van der Waals surface area contributed by atoms with E-state index >= 15 is 0 Å². The summed E-state index contributed by atoms with van der Waals surface area (Å²) >= 11 is 0. The Balaban J connectivity index is 0.690. The molecule has 2 aliphatic heterocycles. The summed E-state index contributed by atoms with van der Waals surface area (Å²) in [6, 6.07) is 42.0. The molecule has 5 N–H and O–H groups in total. The third-order valence-electron chi connectivity index (χ3n) is 17.4. The molecular weight excluding hydrogens is 1050 g/mol. The van der Waals surface area contributed by atoms with Crippen LogP contribution in [-0.4, -0.2) is 120 Å². The van der Waals surface area contributed by atoms with Gasteiger partial charge in [-0.05, 0) is 97.3 Å². The fourth-order valence-electron chi connectivity index (χ4n) is 12.2. The number of likely N-dealkylation sites (tertiary alicyclic amines) is 2. The topological polar surface area (TPSA) is 221 Å². The average molecular weight is 1130 g/mol. The lowest BCUT2D eigenvalue weighted by molar-refractivity contribution is -0.133. The van der Waals surface area contributed by atoms with Gasteiger partial charge in [-0.25, -0.2) is 9.59 Å². The highest BCUT2D eigenvalue weighted by atomic mass is 16.5. The van der Waals surface area contributed by atoms with E-state index in [0.717, 1.165) is 100 Å². The third-order valence-corrected chi connectivity index (χ3v) is 17.4. The molecule has 83 heavy (non-hydrogen) atoms. The van der Waals surface area contributed by atoms with Crippen molar-refractivity contribution < 1.29 is 48.2 Å². The predicted molar refractivity (Wildman–Crippen MR) is 312 cm³/mol. The minimum absolute atomic E-state index is 0.0473. The summed E-state index contributed by atoms with van der Waals surface area (Å²) in [4.78, 5) is 111. The zero-order valence-electron chi connectivity index (χ0n) is 47.0. The lowest BCUT2D eigenvalue weighted by Crippen LogP contribution is -2.43. The van der Waals surface area contributed by atoms with Gasteiger partial charge in [0.25, 0.3) is 11.8 Å². The van der Waals surface area contributed by atoms with Gasteiger partial charge in [-0.15, -0.1) is 0 Å². The first kappa shape index (κ1) is 58.1. The van der Waals surface area contributed by atoms with E-state index in [4.69, 9.17) is 9.84 Å². The maximum absolute atomic E-state index is 14.3. The molecular formula is C67H76N6O10. The zero-order valence-corrected chi connectivity index (χ0v) is 47.0. The first-order chi connectivity index (χ1) is 40.4. The normalized spacial score (nSPS) is 23.8. The molecule has 10 rings (SSSR count). The molecule has 6 amide bonds. The number of nitrogens with one attached hydrogen (secondary N) is 4. The van der Waals surface area contributed by atoms with E-state index in [1.165, 1.54) is 24.3 Å². The summed E-state index contributed by atoms with van der Waals surface area (Å²) < 4.78 is 5.34. The quantitative estimate of drug-likeness (QED) is 0.0249.